The van der Waals surface area contributed by atoms with E-state index in [0.29, 0.717) is 5.56 Å². The van der Waals surface area contributed by atoms with E-state index in [-0.39, 0.29) is 17.2 Å². The van der Waals surface area contributed by atoms with Crippen molar-refractivity contribution in [1.29, 1.82) is 0 Å². The third-order valence-electron chi connectivity index (χ3n) is 2.79. The summed E-state index contributed by atoms with van der Waals surface area (Å²) in [6.07, 6.45) is 0. The lowest BCUT2D eigenvalue weighted by molar-refractivity contribution is 0.101. The van der Waals surface area contributed by atoms with E-state index in [4.69, 9.17) is 5.73 Å². The van der Waals surface area contributed by atoms with Crippen molar-refractivity contribution in [3.05, 3.63) is 53.8 Å². The van der Waals surface area contributed by atoms with Gasteiger partial charge in [-0.25, -0.2) is 12.8 Å². The van der Waals surface area contributed by atoms with Crippen LogP contribution in [0.15, 0.2) is 47.4 Å². The molecular weight excluding hydrogens is 295 g/mol. The first-order valence-corrected chi connectivity index (χ1v) is 7.47. The van der Waals surface area contributed by atoms with Crippen LogP contribution in [0, 0.1) is 5.82 Å². The van der Waals surface area contributed by atoms with Crippen LogP contribution in [0.3, 0.4) is 0 Å². The average molecular weight is 308 g/mol. The van der Waals surface area contributed by atoms with Crippen LogP contribution < -0.4 is 10.5 Å². The van der Waals surface area contributed by atoms with E-state index in [0.717, 1.165) is 12.1 Å². The fraction of sp³-hybridized carbons (Fsp3) is 0.0714. The minimum Gasteiger partial charge on any atom is -0.399 e. The number of hydrogen-bond donors (Lipinski definition) is 2. The molecule has 0 aliphatic rings. The Morgan fingerprint density at radius 2 is 1.76 bits per heavy atom. The predicted molar refractivity (Wildman–Crippen MR) is 78.1 cm³/mol. The number of hydrogen-bond acceptors (Lipinski definition) is 4. The van der Waals surface area contributed by atoms with Gasteiger partial charge in [0, 0.05) is 16.9 Å². The summed E-state index contributed by atoms with van der Waals surface area (Å²) in [5, 5.41) is 0. The van der Waals surface area contributed by atoms with E-state index < -0.39 is 20.7 Å². The molecule has 2 rings (SSSR count). The van der Waals surface area contributed by atoms with Gasteiger partial charge in [0.2, 0.25) is 0 Å². The number of Topliss-reactive ketones (excluding diaryl/α,β-unsaturated/α-hetero) is 1. The first-order valence-electron chi connectivity index (χ1n) is 5.98. The molecule has 0 aliphatic carbocycles. The summed E-state index contributed by atoms with van der Waals surface area (Å²) < 4.78 is 40.1. The van der Waals surface area contributed by atoms with Gasteiger partial charge in [0.25, 0.3) is 10.0 Å². The second kappa shape index (κ2) is 5.53. The van der Waals surface area contributed by atoms with Gasteiger partial charge in [-0.15, -0.1) is 0 Å². The number of benzene rings is 2. The van der Waals surface area contributed by atoms with Crippen LogP contribution in [0.4, 0.5) is 15.8 Å². The molecule has 5 nitrogen and oxygen atoms in total. The summed E-state index contributed by atoms with van der Waals surface area (Å²) in [4.78, 5) is 10.6. The van der Waals surface area contributed by atoms with Crippen LogP contribution in [0.2, 0.25) is 0 Å². The van der Waals surface area contributed by atoms with E-state index in [1.165, 1.54) is 37.3 Å². The van der Waals surface area contributed by atoms with Crippen LogP contribution in [-0.4, -0.2) is 14.2 Å². The first-order chi connectivity index (χ1) is 9.79. The second-order valence-electron chi connectivity index (χ2n) is 4.43. The zero-order valence-electron chi connectivity index (χ0n) is 11.1. The largest absolute Gasteiger partial charge is 0.399 e. The van der Waals surface area contributed by atoms with Crippen LogP contribution in [0.25, 0.3) is 0 Å². The number of nitrogens with one attached hydrogen (secondary N) is 1. The first kappa shape index (κ1) is 15.0. The maximum Gasteiger partial charge on any atom is 0.264 e. The summed E-state index contributed by atoms with van der Waals surface area (Å²) in [6, 6.07) is 9.17. The SMILES string of the molecule is CC(=O)c1ccc(NS(=O)(=O)c2ccc(N)cc2F)cc1. The highest BCUT2D eigenvalue weighted by atomic mass is 32.2. The number of nitrogen functional groups attached to an aromatic ring is 1. The molecule has 0 saturated carbocycles. The maximum absolute atomic E-state index is 13.7. The molecule has 0 amide bonds. The Morgan fingerprint density at radius 1 is 1.14 bits per heavy atom. The van der Waals surface area contributed by atoms with Crippen molar-refractivity contribution in [3.8, 4) is 0 Å². The Kier molecular flexibility index (Phi) is 3.95. The van der Waals surface area contributed by atoms with Crippen molar-refractivity contribution >= 4 is 27.2 Å². The van der Waals surface area contributed by atoms with Gasteiger partial charge in [-0.05, 0) is 49.4 Å². The number of nitrogens with two attached hydrogens (primary N) is 1. The number of carbonyl (C=O) groups excluding carboxylic acids is 1. The molecule has 0 saturated heterocycles. The Labute approximate surface area is 121 Å². The monoisotopic (exact) mass is 308 g/mol. The molecule has 7 heteroatoms. The number of rotatable bonds is 4. The molecule has 0 unspecified atom stereocenters. The highest BCUT2D eigenvalue weighted by Crippen LogP contribution is 2.21. The fourth-order valence-electron chi connectivity index (χ4n) is 1.72. The van der Waals surface area contributed by atoms with Crippen molar-refractivity contribution in [3.63, 3.8) is 0 Å². The zero-order valence-corrected chi connectivity index (χ0v) is 11.9. The van der Waals surface area contributed by atoms with Crippen molar-refractivity contribution in [2.75, 3.05) is 10.5 Å². The summed E-state index contributed by atoms with van der Waals surface area (Å²) in [5.41, 5.74) is 6.21. The molecule has 0 bridgehead atoms. The standard InChI is InChI=1S/C14H13FN2O3S/c1-9(18)10-2-5-12(6-3-10)17-21(19,20)14-7-4-11(16)8-13(14)15/h2-8,17H,16H2,1H3. The van der Waals surface area contributed by atoms with Crippen LogP contribution in [0.5, 0.6) is 0 Å². The number of halogens is 1. The molecule has 0 spiro atoms. The van der Waals surface area contributed by atoms with Crippen molar-refractivity contribution in [2.24, 2.45) is 0 Å². The van der Waals surface area contributed by atoms with E-state index in [9.17, 15) is 17.6 Å². The molecule has 2 aromatic rings. The molecule has 0 aliphatic heterocycles. The molecule has 2 aromatic carbocycles. The van der Waals surface area contributed by atoms with Gasteiger partial charge in [0.15, 0.2) is 5.78 Å². The predicted octanol–water partition coefficient (Wildman–Crippen LogP) is 2.41. The molecule has 0 fully saturated rings. The van der Waals surface area contributed by atoms with Crippen molar-refractivity contribution < 1.29 is 17.6 Å². The van der Waals surface area contributed by atoms with E-state index in [1.807, 2.05) is 0 Å². The number of sulfonamides is 1. The van der Waals surface area contributed by atoms with Gasteiger partial charge in [-0.1, -0.05) is 0 Å². The van der Waals surface area contributed by atoms with E-state index in [2.05, 4.69) is 4.72 Å². The fourth-order valence-corrected chi connectivity index (χ4v) is 2.84. The molecular formula is C14H13FN2O3S. The summed E-state index contributed by atoms with van der Waals surface area (Å²) in [5.74, 6) is -1.06. The van der Waals surface area contributed by atoms with Gasteiger partial charge in [0.1, 0.15) is 10.7 Å². The minimum absolute atomic E-state index is 0.131. The van der Waals surface area contributed by atoms with Crippen LogP contribution in [0.1, 0.15) is 17.3 Å². The highest BCUT2D eigenvalue weighted by molar-refractivity contribution is 7.92. The van der Waals surface area contributed by atoms with E-state index >= 15 is 0 Å². The molecule has 0 atom stereocenters. The minimum atomic E-state index is -4.06. The molecule has 3 N–H and O–H groups in total. The maximum atomic E-state index is 13.7. The summed E-state index contributed by atoms with van der Waals surface area (Å²) in [7, 11) is -4.06. The molecule has 0 heterocycles. The number of ketones is 1. The molecule has 0 radical (unpaired) electrons. The smallest absolute Gasteiger partial charge is 0.264 e. The Bertz CT molecular complexity index is 786. The topological polar surface area (TPSA) is 89.3 Å². The lowest BCUT2D eigenvalue weighted by Crippen LogP contribution is -2.14. The van der Waals surface area contributed by atoms with Crippen LogP contribution in [-0.2, 0) is 10.0 Å². The lowest BCUT2D eigenvalue weighted by Gasteiger charge is -2.09. The van der Waals surface area contributed by atoms with Gasteiger partial charge < -0.3 is 5.73 Å². The molecule has 0 aromatic heterocycles. The third kappa shape index (κ3) is 3.38. The van der Waals surface area contributed by atoms with Crippen molar-refractivity contribution in [1.82, 2.24) is 0 Å². The van der Waals surface area contributed by atoms with Gasteiger partial charge in [0.05, 0.1) is 0 Å². The van der Waals surface area contributed by atoms with Crippen LogP contribution >= 0.6 is 0 Å². The van der Waals surface area contributed by atoms with Gasteiger partial charge in [-0.2, -0.15) is 0 Å². The number of anilines is 2. The Hall–Kier alpha value is -2.41. The normalized spacial score (nSPS) is 11.1. The lowest BCUT2D eigenvalue weighted by atomic mass is 10.1. The van der Waals surface area contributed by atoms with Gasteiger partial charge >= 0.3 is 0 Å². The summed E-state index contributed by atoms with van der Waals surface area (Å²) in [6.45, 7) is 1.41. The second-order valence-corrected chi connectivity index (χ2v) is 6.08. The van der Waals surface area contributed by atoms with Crippen molar-refractivity contribution in [2.45, 2.75) is 11.8 Å². The number of carbonyl (C=O) groups is 1. The quantitative estimate of drug-likeness (QED) is 0.670. The Morgan fingerprint density at radius 3 is 2.29 bits per heavy atom. The third-order valence-corrected chi connectivity index (χ3v) is 4.20. The Balaban J connectivity index is 2.30. The highest BCUT2D eigenvalue weighted by Gasteiger charge is 2.19. The van der Waals surface area contributed by atoms with E-state index in [1.54, 1.807) is 0 Å². The average Bonchev–Trinajstić information content (AvgIpc) is 2.38. The molecule has 21 heavy (non-hydrogen) atoms. The zero-order chi connectivity index (χ0) is 15.6. The molecule has 110 valence electrons. The summed E-state index contributed by atoms with van der Waals surface area (Å²) >= 11 is 0. The van der Waals surface area contributed by atoms with Gasteiger partial charge in [-0.3, -0.25) is 9.52 Å².